The predicted molar refractivity (Wildman–Crippen MR) is 283 cm³/mol. The number of rotatable bonds is 56. The van der Waals surface area contributed by atoms with Crippen LogP contribution >= 0.6 is 0 Å². The standard InChI is InChI=1S/C59H117NO5/c1-3-5-7-9-11-13-15-17-18-19-20-21-24-28-31-35-39-43-47-51-57(62)56(55-61)60-58(63)52-48-44-40-36-32-29-25-22-23-26-30-34-38-42-46-50-54-65-59(64)53-49-45-41-37-33-27-16-14-12-10-8-6-4-2/h56-57,61-62H,3-55H2,1-2H3,(H,60,63). The monoisotopic (exact) mass is 920 g/mol. The van der Waals surface area contributed by atoms with Crippen molar-refractivity contribution >= 4 is 11.9 Å². The van der Waals surface area contributed by atoms with Crippen LogP contribution in [0.1, 0.15) is 341 Å². The third-order valence-corrected chi connectivity index (χ3v) is 14.2. The van der Waals surface area contributed by atoms with Gasteiger partial charge in [0.2, 0.25) is 5.91 Å². The molecule has 6 nitrogen and oxygen atoms in total. The van der Waals surface area contributed by atoms with Crippen molar-refractivity contribution in [3.63, 3.8) is 0 Å². The first-order valence-corrected chi connectivity index (χ1v) is 29.8. The van der Waals surface area contributed by atoms with Crippen LogP contribution in [-0.2, 0) is 14.3 Å². The highest BCUT2D eigenvalue weighted by atomic mass is 16.5. The minimum Gasteiger partial charge on any atom is -0.466 e. The van der Waals surface area contributed by atoms with Crippen LogP contribution in [-0.4, -0.2) is 47.4 Å². The Hall–Kier alpha value is -1.14. The highest BCUT2D eigenvalue weighted by molar-refractivity contribution is 5.76. The van der Waals surface area contributed by atoms with Crippen LogP contribution in [0.15, 0.2) is 0 Å². The number of unbranched alkanes of at least 4 members (excludes halogenated alkanes) is 45. The Morgan fingerprint density at radius 1 is 0.369 bits per heavy atom. The molecule has 0 spiro atoms. The Bertz CT molecular complexity index is 928. The van der Waals surface area contributed by atoms with E-state index in [1.807, 2.05) is 0 Å². The quantitative estimate of drug-likeness (QED) is 0.0417. The second-order valence-corrected chi connectivity index (χ2v) is 20.7. The normalized spacial score (nSPS) is 12.5. The average Bonchev–Trinajstić information content (AvgIpc) is 3.31. The van der Waals surface area contributed by atoms with E-state index in [4.69, 9.17) is 4.74 Å². The molecule has 0 saturated heterocycles. The molecule has 2 atom stereocenters. The van der Waals surface area contributed by atoms with E-state index in [0.717, 1.165) is 44.9 Å². The van der Waals surface area contributed by atoms with Gasteiger partial charge in [-0.05, 0) is 25.7 Å². The minimum absolute atomic E-state index is 0.00591. The lowest BCUT2D eigenvalue weighted by molar-refractivity contribution is -0.143. The number of nitrogens with one attached hydrogen (secondary N) is 1. The SMILES string of the molecule is CCCCCCCCCCCCCCCCCCCCCC(O)C(CO)NC(=O)CCCCCCCCCCCCCCCCCCOC(=O)CCCCCCCCCCCCCCC. The van der Waals surface area contributed by atoms with E-state index in [0.29, 0.717) is 25.9 Å². The molecule has 65 heavy (non-hydrogen) atoms. The third kappa shape index (κ3) is 52.1. The van der Waals surface area contributed by atoms with Crippen molar-refractivity contribution in [2.75, 3.05) is 13.2 Å². The molecule has 2 unspecified atom stereocenters. The number of aliphatic hydroxyl groups is 2. The van der Waals surface area contributed by atoms with Gasteiger partial charge in [0.1, 0.15) is 0 Å². The molecular formula is C59H117NO5. The van der Waals surface area contributed by atoms with Crippen LogP contribution in [0, 0.1) is 0 Å². The topological polar surface area (TPSA) is 95.9 Å². The van der Waals surface area contributed by atoms with Gasteiger partial charge in [-0.15, -0.1) is 0 Å². The van der Waals surface area contributed by atoms with Gasteiger partial charge in [-0.1, -0.05) is 303 Å². The number of carbonyl (C=O) groups is 2. The molecule has 0 fully saturated rings. The maximum absolute atomic E-state index is 12.5. The molecule has 0 aliphatic carbocycles. The van der Waals surface area contributed by atoms with Crippen LogP contribution in [0.4, 0.5) is 0 Å². The molecule has 6 heteroatoms. The summed E-state index contributed by atoms with van der Waals surface area (Å²) in [5, 5.41) is 23.3. The molecule has 0 aliphatic heterocycles. The molecule has 0 rings (SSSR count). The van der Waals surface area contributed by atoms with Crippen LogP contribution < -0.4 is 5.32 Å². The fourth-order valence-corrected chi connectivity index (χ4v) is 9.58. The van der Waals surface area contributed by atoms with E-state index < -0.39 is 12.1 Å². The second kappa shape index (κ2) is 55.5. The van der Waals surface area contributed by atoms with Gasteiger partial charge in [0.25, 0.3) is 0 Å². The number of amides is 1. The number of carbonyl (C=O) groups excluding carboxylic acids is 2. The summed E-state index contributed by atoms with van der Waals surface area (Å²) in [6, 6.07) is -0.546. The van der Waals surface area contributed by atoms with Crippen molar-refractivity contribution in [2.45, 2.75) is 353 Å². The van der Waals surface area contributed by atoms with Crippen molar-refractivity contribution in [3.05, 3.63) is 0 Å². The second-order valence-electron chi connectivity index (χ2n) is 20.7. The van der Waals surface area contributed by atoms with Crippen molar-refractivity contribution in [1.82, 2.24) is 5.32 Å². The van der Waals surface area contributed by atoms with Gasteiger partial charge < -0.3 is 20.3 Å². The van der Waals surface area contributed by atoms with Crippen LogP contribution in [0.25, 0.3) is 0 Å². The summed E-state index contributed by atoms with van der Waals surface area (Å²) in [5.74, 6) is -0.0318. The zero-order valence-corrected chi connectivity index (χ0v) is 44.3. The fourth-order valence-electron chi connectivity index (χ4n) is 9.58. The lowest BCUT2D eigenvalue weighted by Gasteiger charge is -2.22. The number of hydrogen-bond acceptors (Lipinski definition) is 5. The molecule has 1 amide bonds. The summed E-state index contributed by atoms with van der Waals surface area (Å²) >= 11 is 0. The van der Waals surface area contributed by atoms with Gasteiger partial charge in [0.15, 0.2) is 0 Å². The van der Waals surface area contributed by atoms with Crippen molar-refractivity contribution in [2.24, 2.45) is 0 Å². The predicted octanol–water partition coefficient (Wildman–Crippen LogP) is 18.3. The van der Waals surface area contributed by atoms with Crippen LogP contribution in [0.3, 0.4) is 0 Å². The number of ether oxygens (including phenoxy) is 1. The first-order valence-electron chi connectivity index (χ1n) is 29.8. The summed E-state index contributed by atoms with van der Waals surface area (Å²) in [7, 11) is 0. The molecule has 0 bridgehead atoms. The van der Waals surface area contributed by atoms with Gasteiger partial charge >= 0.3 is 5.97 Å². The number of esters is 1. The first-order chi connectivity index (χ1) is 32.0. The Labute approximate surface area is 406 Å². The lowest BCUT2D eigenvalue weighted by Crippen LogP contribution is -2.45. The van der Waals surface area contributed by atoms with E-state index >= 15 is 0 Å². The molecule has 3 N–H and O–H groups in total. The number of hydrogen-bond donors (Lipinski definition) is 3. The Morgan fingerprint density at radius 2 is 0.631 bits per heavy atom. The van der Waals surface area contributed by atoms with E-state index in [1.54, 1.807) is 0 Å². The Morgan fingerprint density at radius 3 is 0.938 bits per heavy atom. The molecule has 0 aromatic carbocycles. The van der Waals surface area contributed by atoms with Gasteiger partial charge in [0.05, 0.1) is 25.4 Å². The van der Waals surface area contributed by atoms with Crippen LogP contribution in [0.2, 0.25) is 0 Å². The third-order valence-electron chi connectivity index (χ3n) is 14.2. The van der Waals surface area contributed by atoms with E-state index in [9.17, 15) is 19.8 Å². The van der Waals surface area contributed by atoms with E-state index in [1.165, 1.54) is 263 Å². The molecule has 0 radical (unpaired) electrons. The molecule has 0 heterocycles. The summed E-state index contributed by atoms with van der Waals surface area (Å²) in [6.45, 7) is 4.97. The highest BCUT2D eigenvalue weighted by Crippen LogP contribution is 2.18. The minimum atomic E-state index is -0.668. The maximum Gasteiger partial charge on any atom is 0.305 e. The van der Waals surface area contributed by atoms with Gasteiger partial charge in [-0.3, -0.25) is 9.59 Å². The van der Waals surface area contributed by atoms with Crippen molar-refractivity contribution in [3.8, 4) is 0 Å². The van der Waals surface area contributed by atoms with E-state index in [2.05, 4.69) is 19.2 Å². The summed E-state index contributed by atoms with van der Waals surface area (Å²) in [5.41, 5.74) is 0. The van der Waals surface area contributed by atoms with E-state index in [-0.39, 0.29) is 18.5 Å². The Kier molecular flexibility index (Phi) is 54.5. The summed E-state index contributed by atoms with van der Waals surface area (Å²) < 4.78 is 5.47. The molecule has 0 aliphatic rings. The molecule has 388 valence electrons. The zero-order valence-electron chi connectivity index (χ0n) is 44.3. The lowest BCUT2D eigenvalue weighted by atomic mass is 10.0. The van der Waals surface area contributed by atoms with Crippen molar-refractivity contribution < 1.29 is 24.5 Å². The maximum atomic E-state index is 12.5. The van der Waals surface area contributed by atoms with Crippen LogP contribution in [0.5, 0.6) is 0 Å². The highest BCUT2D eigenvalue weighted by Gasteiger charge is 2.20. The summed E-state index contributed by atoms with van der Waals surface area (Å²) in [6.07, 6.45) is 63.8. The molecule has 0 saturated carbocycles. The zero-order chi connectivity index (χ0) is 47.2. The van der Waals surface area contributed by atoms with Gasteiger partial charge in [0, 0.05) is 12.8 Å². The average molecular weight is 921 g/mol. The van der Waals surface area contributed by atoms with Gasteiger partial charge in [-0.2, -0.15) is 0 Å². The molecule has 0 aromatic rings. The molecular weight excluding hydrogens is 803 g/mol. The smallest absolute Gasteiger partial charge is 0.305 e. The Balaban J connectivity index is 3.41. The number of aliphatic hydroxyl groups excluding tert-OH is 2. The van der Waals surface area contributed by atoms with Crippen molar-refractivity contribution in [1.29, 1.82) is 0 Å². The first kappa shape index (κ1) is 63.9. The van der Waals surface area contributed by atoms with Gasteiger partial charge in [-0.25, -0.2) is 0 Å². The summed E-state index contributed by atoms with van der Waals surface area (Å²) in [4.78, 5) is 24.5. The largest absolute Gasteiger partial charge is 0.466 e. The fraction of sp³-hybridized carbons (Fsp3) is 0.966. The molecule has 0 aromatic heterocycles.